The van der Waals surface area contributed by atoms with Crippen LogP contribution >= 0.6 is 23.4 Å². The van der Waals surface area contributed by atoms with E-state index in [0.717, 1.165) is 23.1 Å². The Kier molecular flexibility index (Phi) is 5.99. The van der Waals surface area contributed by atoms with Gasteiger partial charge in [-0.3, -0.25) is 19.3 Å². The Balaban J connectivity index is 1.68. The Hall–Kier alpha value is -2.78. The summed E-state index contributed by atoms with van der Waals surface area (Å²) in [5.41, 5.74) is -0.366. The SMILES string of the molecule is O=C(CN1C(=O)SC(=Cc2ccc(Cl)cc2)C1=O)Nc1cccc(C(F)(F)F)c1. The molecule has 1 heterocycles. The van der Waals surface area contributed by atoms with E-state index in [0.29, 0.717) is 22.3 Å². The molecule has 5 nitrogen and oxygen atoms in total. The maximum atomic E-state index is 12.8. The molecular formula is C19H12ClF3N2O3S. The average molecular weight is 441 g/mol. The van der Waals surface area contributed by atoms with Gasteiger partial charge < -0.3 is 5.32 Å². The Morgan fingerprint density at radius 1 is 1.14 bits per heavy atom. The standard InChI is InChI=1S/C19H12ClF3N2O3S/c20-13-6-4-11(5-7-13)8-15-17(27)25(18(28)29-15)10-16(26)24-14-3-1-2-12(9-14)19(21,22)23/h1-9H,10H2,(H,24,26). The van der Waals surface area contributed by atoms with Gasteiger partial charge in [0.1, 0.15) is 6.54 Å². The van der Waals surface area contributed by atoms with Crippen LogP contribution < -0.4 is 5.32 Å². The molecule has 2 aromatic rings. The fourth-order valence-corrected chi connectivity index (χ4v) is 3.43. The van der Waals surface area contributed by atoms with E-state index >= 15 is 0 Å². The van der Waals surface area contributed by atoms with Gasteiger partial charge in [-0.05, 0) is 53.7 Å². The number of hydrogen-bond acceptors (Lipinski definition) is 4. The average Bonchev–Trinajstić information content (AvgIpc) is 2.90. The molecule has 150 valence electrons. The van der Waals surface area contributed by atoms with E-state index in [9.17, 15) is 27.6 Å². The van der Waals surface area contributed by atoms with Gasteiger partial charge in [-0.2, -0.15) is 13.2 Å². The molecule has 1 aliphatic heterocycles. The van der Waals surface area contributed by atoms with Gasteiger partial charge in [-0.15, -0.1) is 0 Å². The predicted octanol–water partition coefficient (Wildman–Crippen LogP) is 5.03. The van der Waals surface area contributed by atoms with Crippen molar-refractivity contribution in [2.45, 2.75) is 6.18 Å². The normalized spacial score (nSPS) is 15.9. The quantitative estimate of drug-likeness (QED) is 0.677. The Morgan fingerprint density at radius 3 is 2.48 bits per heavy atom. The van der Waals surface area contributed by atoms with E-state index in [4.69, 9.17) is 11.6 Å². The van der Waals surface area contributed by atoms with Crippen LogP contribution in [0.4, 0.5) is 23.7 Å². The number of halogens is 4. The highest BCUT2D eigenvalue weighted by Gasteiger charge is 2.36. The van der Waals surface area contributed by atoms with Crippen molar-refractivity contribution < 1.29 is 27.6 Å². The van der Waals surface area contributed by atoms with Crippen molar-refractivity contribution in [2.75, 3.05) is 11.9 Å². The summed E-state index contributed by atoms with van der Waals surface area (Å²) in [6.45, 7) is -0.612. The Bertz CT molecular complexity index is 1010. The minimum Gasteiger partial charge on any atom is -0.325 e. The molecule has 1 fully saturated rings. The summed E-state index contributed by atoms with van der Waals surface area (Å²) >= 11 is 6.47. The first-order valence-electron chi connectivity index (χ1n) is 8.11. The zero-order valence-corrected chi connectivity index (χ0v) is 16.1. The van der Waals surface area contributed by atoms with Crippen LogP contribution in [0.2, 0.25) is 5.02 Å². The molecule has 0 saturated carbocycles. The van der Waals surface area contributed by atoms with E-state index < -0.39 is 35.3 Å². The number of carbonyl (C=O) groups excluding carboxylic acids is 3. The molecule has 10 heteroatoms. The van der Waals surface area contributed by atoms with Gasteiger partial charge in [0.15, 0.2) is 0 Å². The highest BCUT2D eigenvalue weighted by Crippen LogP contribution is 2.33. The number of hydrogen-bond donors (Lipinski definition) is 1. The lowest BCUT2D eigenvalue weighted by Gasteiger charge is -2.13. The Morgan fingerprint density at radius 2 is 1.83 bits per heavy atom. The van der Waals surface area contributed by atoms with Crippen molar-refractivity contribution in [3.8, 4) is 0 Å². The molecule has 0 spiro atoms. The fourth-order valence-electron chi connectivity index (χ4n) is 2.46. The van der Waals surface area contributed by atoms with Crippen LogP contribution in [0.25, 0.3) is 6.08 Å². The molecule has 0 aliphatic carbocycles. The number of benzene rings is 2. The van der Waals surface area contributed by atoms with Crippen molar-refractivity contribution in [1.29, 1.82) is 0 Å². The molecule has 1 saturated heterocycles. The van der Waals surface area contributed by atoms with Crippen LogP contribution in [0.5, 0.6) is 0 Å². The van der Waals surface area contributed by atoms with Crippen LogP contribution in [0, 0.1) is 0 Å². The van der Waals surface area contributed by atoms with Gasteiger partial charge in [0.05, 0.1) is 10.5 Å². The molecule has 1 aliphatic rings. The molecule has 0 atom stereocenters. The van der Waals surface area contributed by atoms with Crippen molar-refractivity contribution in [3.63, 3.8) is 0 Å². The predicted molar refractivity (Wildman–Crippen MR) is 104 cm³/mol. The third kappa shape index (κ3) is 5.18. The third-order valence-corrected chi connectivity index (χ3v) is 4.98. The number of imide groups is 1. The number of thioether (sulfide) groups is 1. The lowest BCUT2D eigenvalue weighted by Crippen LogP contribution is -2.36. The minimum absolute atomic E-state index is 0.0893. The number of nitrogens with zero attached hydrogens (tertiary/aromatic N) is 1. The number of carbonyl (C=O) groups is 3. The molecule has 29 heavy (non-hydrogen) atoms. The largest absolute Gasteiger partial charge is 0.416 e. The summed E-state index contributed by atoms with van der Waals surface area (Å²) in [5, 5.41) is 2.14. The van der Waals surface area contributed by atoms with Gasteiger partial charge >= 0.3 is 6.18 Å². The monoisotopic (exact) mass is 440 g/mol. The number of amides is 3. The van der Waals surface area contributed by atoms with E-state index in [2.05, 4.69) is 5.32 Å². The smallest absolute Gasteiger partial charge is 0.325 e. The molecule has 0 unspecified atom stereocenters. The summed E-state index contributed by atoms with van der Waals surface area (Å²) in [4.78, 5) is 37.5. The zero-order valence-electron chi connectivity index (χ0n) is 14.5. The second-order valence-electron chi connectivity index (χ2n) is 5.95. The van der Waals surface area contributed by atoms with Gasteiger partial charge in [0, 0.05) is 10.7 Å². The van der Waals surface area contributed by atoms with Gasteiger partial charge in [0.25, 0.3) is 11.1 Å². The molecule has 3 rings (SSSR count). The highest BCUT2D eigenvalue weighted by atomic mass is 35.5. The number of alkyl halides is 3. The number of anilines is 1. The molecular weight excluding hydrogens is 429 g/mol. The number of nitrogens with one attached hydrogen (secondary N) is 1. The molecule has 0 aromatic heterocycles. The van der Waals surface area contributed by atoms with Gasteiger partial charge in [0.2, 0.25) is 5.91 Å². The first kappa shape index (κ1) is 20.9. The second-order valence-corrected chi connectivity index (χ2v) is 7.38. The van der Waals surface area contributed by atoms with E-state index in [-0.39, 0.29) is 10.6 Å². The maximum absolute atomic E-state index is 12.8. The zero-order chi connectivity index (χ0) is 21.2. The van der Waals surface area contributed by atoms with E-state index in [1.807, 2.05) is 0 Å². The van der Waals surface area contributed by atoms with Crippen molar-refractivity contribution in [3.05, 3.63) is 69.6 Å². The van der Waals surface area contributed by atoms with Crippen molar-refractivity contribution in [1.82, 2.24) is 4.90 Å². The lowest BCUT2D eigenvalue weighted by atomic mass is 10.2. The van der Waals surface area contributed by atoms with Crippen LogP contribution in [0.3, 0.4) is 0 Å². The minimum atomic E-state index is -4.56. The summed E-state index contributed by atoms with van der Waals surface area (Å²) in [6.07, 6.45) is -3.06. The van der Waals surface area contributed by atoms with Crippen molar-refractivity contribution >= 4 is 52.2 Å². The lowest BCUT2D eigenvalue weighted by molar-refractivity contribution is -0.137. The molecule has 3 amide bonds. The first-order valence-corrected chi connectivity index (χ1v) is 9.31. The van der Waals surface area contributed by atoms with Gasteiger partial charge in [-0.25, -0.2) is 0 Å². The van der Waals surface area contributed by atoms with Crippen molar-refractivity contribution in [2.24, 2.45) is 0 Å². The van der Waals surface area contributed by atoms with Crippen LogP contribution in [0.1, 0.15) is 11.1 Å². The van der Waals surface area contributed by atoms with Gasteiger partial charge in [-0.1, -0.05) is 29.8 Å². The molecule has 0 bridgehead atoms. The van der Waals surface area contributed by atoms with Crippen LogP contribution in [-0.2, 0) is 15.8 Å². The Labute approximate surface area is 172 Å². The topological polar surface area (TPSA) is 66.5 Å². The second kappa shape index (κ2) is 8.30. The maximum Gasteiger partial charge on any atom is 0.416 e. The summed E-state index contributed by atoms with van der Waals surface area (Å²) in [5.74, 6) is -1.45. The summed E-state index contributed by atoms with van der Waals surface area (Å²) in [6, 6.07) is 10.6. The molecule has 2 aromatic carbocycles. The van der Waals surface area contributed by atoms with E-state index in [1.165, 1.54) is 12.1 Å². The fraction of sp³-hybridized carbons (Fsp3) is 0.105. The third-order valence-electron chi connectivity index (χ3n) is 3.82. The summed E-state index contributed by atoms with van der Waals surface area (Å²) < 4.78 is 38.3. The van der Waals surface area contributed by atoms with E-state index in [1.54, 1.807) is 24.3 Å². The highest BCUT2D eigenvalue weighted by molar-refractivity contribution is 8.18. The summed E-state index contributed by atoms with van der Waals surface area (Å²) in [7, 11) is 0. The molecule has 0 radical (unpaired) electrons. The number of rotatable bonds is 4. The first-order chi connectivity index (χ1) is 13.6. The van der Waals surface area contributed by atoms with Crippen LogP contribution in [0.15, 0.2) is 53.4 Å². The molecule has 1 N–H and O–H groups in total. The van der Waals surface area contributed by atoms with Crippen LogP contribution in [-0.4, -0.2) is 28.5 Å².